The second-order valence-electron chi connectivity index (χ2n) is 6.45. The lowest BCUT2D eigenvalue weighted by Crippen LogP contribution is -1.96. The molecule has 0 aliphatic rings. The smallest absolute Gasteiger partial charge is 0.0973 e. The molecular formula is C24H15ClN2. The molecule has 0 aliphatic heterocycles. The fraction of sp³-hybridized carbons (Fsp3) is 0. The molecule has 5 aromatic rings. The number of hydrogen-bond acceptors (Lipinski definition) is 2. The summed E-state index contributed by atoms with van der Waals surface area (Å²) in [7, 11) is 0. The Hall–Kier alpha value is -3.23. The Morgan fingerprint density at radius 3 is 1.89 bits per heavy atom. The molecule has 128 valence electrons. The van der Waals surface area contributed by atoms with Crippen molar-refractivity contribution in [3.05, 3.63) is 96.0 Å². The SMILES string of the molecule is Clc1ccc2c(ccc3nc(-c4ccccc4)c(-c4ccccc4)nc32)c1. The molecule has 3 heteroatoms. The van der Waals surface area contributed by atoms with Crippen LogP contribution in [0.1, 0.15) is 0 Å². The maximum atomic E-state index is 6.17. The van der Waals surface area contributed by atoms with Crippen LogP contribution in [0, 0.1) is 0 Å². The van der Waals surface area contributed by atoms with Crippen LogP contribution in [0.4, 0.5) is 0 Å². The number of nitrogens with zero attached hydrogens (tertiary/aromatic N) is 2. The number of aromatic nitrogens is 2. The van der Waals surface area contributed by atoms with Gasteiger partial charge in [-0.15, -0.1) is 0 Å². The summed E-state index contributed by atoms with van der Waals surface area (Å²) in [5, 5.41) is 2.84. The molecule has 0 unspecified atom stereocenters. The molecule has 1 aromatic heterocycles. The minimum Gasteiger partial charge on any atom is -0.244 e. The largest absolute Gasteiger partial charge is 0.244 e. The lowest BCUT2D eigenvalue weighted by Gasteiger charge is -2.12. The van der Waals surface area contributed by atoms with E-state index < -0.39 is 0 Å². The second kappa shape index (κ2) is 6.49. The highest BCUT2D eigenvalue weighted by Gasteiger charge is 2.14. The first-order valence-electron chi connectivity index (χ1n) is 8.80. The van der Waals surface area contributed by atoms with E-state index in [4.69, 9.17) is 21.6 Å². The molecule has 0 radical (unpaired) electrons. The summed E-state index contributed by atoms with van der Waals surface area (Å²) in [6, 6.07) is 30.4. The molecule has 0 amide bonds. The Balaban J connectivity index is 1.88. The third-order valence-corrected chi connectivity index (χ3v) is 4.94. The van der Waals surface area contributed by atoms with Crippen LogP contribution in [0.3, 0.4) is 0 Å². The Labute approximate surface area is 162 Å². The topological polar surface area (TPSA) is 25.8 Å². The minimum absolute atomic E-state index is 0.721. The van der Waals surface area contributed by atoms with Crippen LogP contribution >= 0.6 is 11.6 Å². The highest BCUT2D eigenvalue weighted by molar-refractivity contribution is 6.31. The molecule has 4 aromatic carbocycles. The number of benzene rings is 4. The summed E-state index contributed by atoms with van der Waals surface area (Å²) in [5.74, 6) is 0. The van der Waals surface area contributed by atoms with Gasteiger partial charge in [-0.2, -0.15) is 0 Å². The van der Waals surface area contributed by atoms with Gasteiger partial charge in [0, 0.05) is 21.5 Å². The fourth-order valence-corrected chi connectivity index (χ4v) is 3.59. The van der Waals surface area contributed by atoms with Crippen LogP contribution < -0.4 is 0 Å². The normalized spacial score (nSPS) is 11.1. The van der Waals surface area contributed by atoms with Gasteiger partial charge in [-0.05, 0) is 23.6 Å². The van der Waals surface area contributed by atoms with Crippen molar-refractivity contribution in [1.82, 2.24) is 9.97 Å². The van der Waals surface area contributed by atoms with E-state index in [9.17, 15) is 0 Å². The first-order chi connectivity index (χ1) is 13.3. The van der Waals surface area contributed by atoms with Crippen molar-refractivity contribution >= 4 is 33.4 Å². The molecular weight excluding hydrogens is 352 g/mol. The first kappa shape index (κ1) is 16.0. The van der Waals surface area contributed by atoms with E-state index in [1.54, 1.807) is 0 Å². The number of rotatable bonds is 2. The lowest BCUT2D eigenvalue weighted by molar-refractivity contribution is 1.30. The van der Waals surface area contributed by atoms with Crippen LogP contribution in [0.5, 0.6) is 0 Å². The van der Waals surface area contributed by atoms with E-state index in [0.717, 1.165) is 49.3 Å². The summed E-state index contributed by atoms with van der Waals surface area (Å²) in [6.07, 6.45) is 0. The van der Waals surface area contributed by atoms with Gasteiger partial charge in [0.1, 0.15) is 0 Å². The van der Waals surface area contributed by atoms with Crippen molar-refractivity contribution in [2.24, 2.45) is 0 Å². The van der Waals surface area contributed by atoms with E-state index in [1.807, 2.05) is 60.7 Å². The zero-order valence-electron chi connectivity index (χ0n) is 14.4. The van der Waals surface area contributed by atoms with Gasteiger partial charge in [0.05, 0.1) is 22.4 Å². The molecule has 0 saturated carbocycles. The standard InChI is InChI=1S/C24H15ClN2/c25-19-12-13-20-18(15-19)11-14-21-24(20)27-23(17-9-5-2-6-10-17)22(26-21)16-7-3-1-4-8-16/h1-15H. The zero-order chi connectivity index (χ0) is 18.2. The van der Waals surface area contributed by atoms with Crippen molar-refractivity contribution in [2.75, 3.05) is 0 Å². The average molecular weight is 367 g/mol. The van der Waals surface area contributed by atoms with Gasteiger partial charge in [-0.1, -0.05) is 84.4 Å². The monoisotopic (exact) mass is 366 g/mol. The van der Waals surface area contributed by atoms with Gasteiger partial charge in [0.25, 0.3) is 0 Å². The van der Waals surface area contributed by atoms with Gasteiger partial charge in [-0.3, -0.25) is 0 Å². The molecule has 0 N–H and O–H groups in total. The van der Waals surface area contributed by atoms with Crippen molar-refractivity contribution in [3.63, 3.8) is 0 Å². The summed E-state index contributed by atoms with van der Waals surface area (Å²) in [4.78, 5) is 10.1. The molecule has 0 spiro atoms. The predicted molar refractivity (Wildman–Crippen MR) is 113 cm³/mol. The van der Waals surface area contributed by atoms with Crippen LogP contribution in [0.2, 0.25) is 5.02 Å². The average Bonchev–Trinajstić information content (AvgIpc) is 2.73. The van der Waals surface area contributed by atoms with Crippen LogP contribution in [-0.2, 0) is 0 Å². The van der Waals surface area contributed by atoms with E-state index in [2.05, 4.69) is 30.3 Å². The summed E-state index contributed by atoms with van der Waals surface area (Å²) in [5.41, 5.74) is 5.66. The molecule has 0 fully saturated rings. The highest BCUT2D eigenvalue weighted by atomic mass is 35.5. The zero-order valence-corrected chi connectivity index (χ0v) is 15.2. The molecule has 2 nitrogen and oxygen atoms in total. The summed E-state index contributed by atoms with van der Waals surface area (Å²) in [6.45, 7) is 0. The van der Waals surface area contributed by atoms with Crippen molar-refractivity contribution < 1.29 is 0 Å². The van der Waals surface area contributed by atoms with Crippen molar-refractivity contribution in [1.29, 1.82) is 0 Å². The molecule has 0 bridgehead atoms. The Kier molecular flexibility index (Phi) is 3.84. The molecule has 0 aliphatic carbocycles. The molecule has 27 heavy (non-hydrogen) atoms. The van der Waals surface area contributed by atoms with E-state index in [1.165, 1.54) is 0 Å². The Bertz CT molecular complexity index is 1270. The van der Waals surface area contributed by atoms with Crippen LogP contribution in [0.25, 0.3) is 44.3 Å². The van der Waals surface area contributed by atoms with Gasteiger partial charge in [0.15, 0.2) is 0 Å². The van der Waals surface area contributed by atoms with Gasteiger partial charge >= 0.3 is 0 Å². The Morgan fingerprint density at radius 2 is 1.22 bits per heavy atom. The maximum absolute atomic E-state index is 6.17. The maximum Gasteiger partial charge on any atom is 0.0973 e. The van der Waals surface area contributed by atoms with Gasteiger partial charge in [0.2, 0.25) is 0 Å². The molecule has 5 rings (SSSR count). The molecule has 0 atom stereocenters. The lowest BCUT2D eigenvalue weighted by atomic mass is 10.0. The van der Waals surface area contributed by atoms with Crippen LogP contribution in [-0.4, -0.2) is 9.97 Å². The molecule has 0 saturated heterocycles. The highest BCUT2D eigenvalue weighted by Crippen LogP contribution is 2.33. The number of fused-ring (bicyclic) bond motifs is 3. The van der Waals surface area contributed by atoms with Gasteiger partial charge < -0.3 is 0 Å². The third-order valence-electron chi connectivity index (χ3n) is 4.71. The first-order valence-corrected chi connectivity index (χ1v) is 9.18. The van der Waals surface area contributed by atoms with E-state index in [-0.39, 0.29) is 0 Å². The quantitative estimate of drug-likeness (QED) is 0.322. The van der Waals surface area contributed by atoms with E-state index >= 15 is 0 Å². The predicted octanol–water partition coefficient (Wildman–Crippen LogP) is 6.77. The van der Waals surface area contributed by atoms with E-state index in [0.29, 0.717) is 0 Å². The summed E-state index contributed by atoms with van der Waals surface area (Å²) < 4.78 is 0. The summed E-state index contributed by atoms with van der Waals surface area (Å²) >= 11 is 6.17. The minimum atomic E-state index is 0.721. The Morgan fingerprint density at radius 1 is 0.593 bits per heavy atom. The van der Waals surface area contributed by atoms with Crippen molar-refractivity contribution in [2.45, 2.75) is 0 Å². The third kappa shape index (κ3) is 2.84. The molecule has 1 heterocycles. The van der Waals surface area contributed by atoms with Gasteiger partial charge in [-0.25, -0.2) is 9.97 Å². The van der Waals surface area contributed by atoms with Crippen molar-refractivity contribution in [3.8, 4) is 22.5 Å². The van der Waals surface area contributed by atoms with Crippen LogP contribution in [0.15, 0.2) is 91.0 Å². The number of halogens is 1. The number of hydrogen-bond donors (Lipinski definition) is 0. The second-order valence-corrected chi connectivity index (χ2v) is 6.89. The fourth-order valence-electron chi connectivity index (χ4n) is 3.41.